The molecular formula is C25H40FN5O3. The molecule has 0 aliphatic carbocycles. The average Bonchev–Trinajstić information content (AvgIpc) is 3.33. The number of hydrogen-bond donors (Lipinski definition) is 1. The summed E-state index contributed by atoms with van der Waals surface area (Å²) in [4.78, 5) is 18.3. The van der Waals surface area contributed by atoms with Crippen molar-refractivity contribution in [1.29, 1.82) is 0 Å². The molecule has 0 saturated carbocycles. The Bertz CT molecular complexity index is 919. The molecule has 3 saturated heterocycles. The number of anilines is 1. The fourth-order valence-electron chi connectivity index (χ4n) is 4.91. The van der Waals surface area contributed by atoms with Crippen molar-refractivity contribution in [2.24, 2.45) is 5.92 Å². The molecule has 3 atom stereocenters. The fourth-order valence-corrected chi connectivity index (χ4v) is 4.91. The topological polar surface area (TPSA) is 83.8 Å². The highest BCUT2D eigenvalue weighted by Gasteiger charge is 2.34. The van der Waals surface area contributed by atoms with Crippen LogP contribution in [-0.2, 0) is 4.74 Å². The number of nitrogens with zero attached hydrogens (tertiary/aromatic N) is 5. The maximum Gasteiger partial charge on any atom is 0.318 e. The molecule has 0 bridgehead atoms. The van der Waals surface area contributed by atoms with Gasteiger partial charge in [0.05, 0.1) is 30.7 Å². The molecule has 8 nitrogen and oxygen atoms in total. The van der Waals surface area contributed by atoms with Crippen molar-refractivity contribution in [2.75, 3.05) is 58.0 Å². The zero-order valence-corrected chi connectivity index (χ0v) is 21.3. The van der Waals surface area contributed by atoms with E-state index >= 15 is 0 Å². The highest BCUT2D eigenvalue weighted by molar-refractivity contribution is 5.91. The Morgan fingerprint density at radius 3 is 2.74 bits per heavy atom. The quantitative estimate of drug-likeness (QED) is 0.721. The van der Waals surface area contributed by atoms with Crippen LogP contribution in [0.3, 0.4) is 0 Å². The molecule has 34 heavy (non-hydrogen) atoms. The van der Waals surface area contributed by atoms with Crippen LogP contribution in [0.15, 0.2) is 6.20 Å². The monoisotopic (exact) mass is 477 g/mol. The van der Waals surface area contributed by atoms with Gasteiger partial charge in [0, 0.05) is 44.7 Å². The van der Waals surface area contributed by atoms with Gasteiger partial charge in [0.2, 0.25) is 0 Å². The first-order valence-electron chi connectivity index (χ1n) is 12.4. The van der Waals surface area contributed by atoms with Crippen LogP contribution in [0.4, 0.5) is 10.2 Å². The predicted molar refractivity (Wildman–Crippen MR) is 132 cm³/mol. The van der Waals surface area contributed by atoms with Gasteiger partial charge < -0.3 is 19.5 Å². The molecule has 0 radical (unpaired) electrons. The zero-order valence-electron chi connectivity index (χ0n) is 21.3. The maximum atomic E-state index is 12.6. The van der Waals surface area contributed by atoms with Crippen LogP contribution in [0.5, 0.6) is 6.01 Å². The number of ether oxygens (including phenoxy) is 2. The lowest BCUT2D eigenvalue weighted by molar-refractivity contribution is 0.129. The minimum atomic E-state index is -0.518. The predicted octanol–water partition coefficient (Wildman–Crippen LogP) is 3.31. The van der Waals surface area contributed by atoms with Crippen molar-refractivity contribution in [3.05, 3.63) is 17.5 Å². The molecule has 5 heterocycles. The van der Waals surface area contributed by atoms with Gasteiger partial charge in [-0.25, -0.2) is 4.39 Å². The van der Waals surface area contributed by atoms with E-state index in [1.165, 1.54) is 12.8 Å². The molecule has 190 valence electrons. The molecule has 3 aliphatic heterocycles. The Morgan fingerprint density at radius 2 is 2.00 bits per heavy atom. The number of hydrogen-bond acceptors (Lipinski definition) is 8. The van der Waals surface area contributed by atoms with Gasteiger partial charge in [0.1, 0.15) is 12.0 Å². The minimum absolute atomic E-state index is 0.432. The van der Waals surface area contributed by atoms with Crippen LogP contribution in [0.1, 0.15) is 44.4 Å². The van der Waals surface area contributed by atoms with Crippen LogP contribution in [0.2, 0.25) is 0 Å². The van der Waals surface area contributed by atoms with Gasteiger partial charge in [-0.3, -0.25) is 9.88 Å². The number of aromatic nitrogens is 3. The second kappa shape index (κ2) is 12.6. The van der Waals surface area contributed by atoms with E-state index in [9.17, 15) is 4.39 Å². The Balaban J connectivity index is 0.000000243. The summed E-state index contributed by atoms with van der Waals surface area (Å²) >= 11 is 0. The second-order valence-corrected chi connectivity index (χ2v) is 9.24. The number of aliphatic hydroxyl groups is 1. The highest BCUT2D eigenvalue weighted by atomic mass is 19.1. The lowest BCUT2D eigenvalue weighted by Crippen LogP contribution is -2.30. The molecule has 1 N–H and O–H groups in total. The van der Waals surface area contributed by atoms with Crippen LogP contribution in [0.25, 0.3) is 10.9 Å². The minimum Gasteiger partial charge on any atom is -0.464 e. The molecule has 2 aromatic heterocycles. The van der Waals surface area contributed by atoms with E-state index in [0.717, 1.165) is 67.7 Å². The summed E-state index contributed by atoms with van der Waals surface area (Å²) in [5, 5.41) is 7.98. The Hall–Kier alpha value is -2.10. The molecule has 0 spiro atoms. The third kappa shape index (κ3) is 6.31. The van der Waals surface area contributed by atoms with Gasteiger partial charge in [0.15, 0.2) is 0 Å². The fraction of sp³-hybridized carbons (Fsp3) is 0.720. The molecule has 5 rings (SSSR count). The second-order valence-electron chi connectivity index (χ2n) is 9.24. The number of alkyl halides is 1. The van der Waals surface area contributed by atoms with Crippen molar-refractivity contribution in [1.82, 2.24) is 19.9 Å². The first-order valence-corrected chi connectivity index (χ1v) is 12.4. The van der Waals surface area contributed by atoms with E-state index in [4.69, 9.17) is 14.6 Å². The smallest absolute Gasteiger partial charge is 0.318 e. The van der Waals surface area contributed by atoms with E-state index in [2.05, 4.69) is 31.7 Å². The van der Waals surface area contributed by atoms with Crippen LogP contribution in [0, 0.1) is 19.8 Å². The van der Waals surface area contributed by atoms with E-state index < -0.39 is 6.17 Å². The molecule has 3 aliphatic rings. The first kappa shape index (κ1) is 26.5. The van der Waals surface area contributed by atoms with Gasteiger partial charge in [-0.1, -0.05) is 6.92 Å². The van der Waals surface area contributed by atoms with E-state index in [1.807, 2.05) is 27.0 Å². The lowest BCUT2D eigenvalue weighted by Gasteiger charge is -2.24. The Morgan fingerprint density at radius 1 is 1.21 bits per heavy atom. The van der Waals surface area contributed by atoms with Gasteiger partial charge >= 0.3 is 6.01 Å². The van der Waals surface area contributed by atoms with Crippen molar-refractivity contribution in [2.45, 2.75) is 59.2 Å². The Labute approximate surface area is 202 Å². The number of halogens is 1. The van der Waals surface area contributed by atoms with E-state index in [0.29, 0.717) is 37.7 Å². The number of pyridine rings is 1. The summed E-state index contributed by atoms with van der Waals surface area (Å²) in [5.74, 6) is 1.35. The summed E-state index contributed by atoms with van der Waals surface area (Å²) in [7, 11) is 1.00. The summed E-state index contributed by atoms with van der Waals surface area (Å²) in [6.45, 7) is 13.8. The Kier molecular flexibility index (Phi) is 9.79. The lowest BCUT2D eigenvalue weighted by atomic mass is 10.1. The average molecular weight is 478 g/mol. The summed E-state index contributed by atoms with van der Waals surface area (Å²) in [6, 6.07) is 1.04. The van der Waals surface area contributed by atoms with Crippen LogP contribution < -0.4 is 9.64 Å². The van der Waals surface area contributed by atoms with Gasteiger partial charge in [-0.15, -0.1) is 0 Å². The van der Waals surface area contributed by atoms with Crippen molar-refractivity contribution in [3.8, 4) is 6.01 Å². The number of fused-ring (bicyclic) bond motifs is 2. The van der Waals surface area contributed by atoms with Crippen molar-refractivity contribution >= 4 is 16.7 Å². The number of aryl methyl sites for hydroxylation is 2. The molecule has 9 heteroatoms. The summed E-state index contributed by atoms with van der Waals surface area (Å²) in [5.41, 5.74) is 2.98. The molecule has 0 amide bonds. The third-order valence-electron chi connectivity index (χ3n) is 6.66. The van der Waals surface area contributed by atoms with Gasteiger partial charge in [0.25, 0.3) is 0 Å². The summed E-state index contributed by atoms with van der Waals surface area (Å²) < 4.78 is 23.9. The molecular weight excluding hydrogens is 437 g/mol. The third-order valence-corrected chi connectivity index (χ3v) is 6.66. The van der Waals surface area contributed by atoms with Crippen LogP contribution in [-0.4, -0.2) is 90.3 Å². The van der Waals surface area contributed by atoms with Crippen LogP contribution >= 0.6 is 0 Å². The molecule has 2 aromatic rings. The molecule has 3 fully saturated rings. The largest absolute Gasteiger partial charge is 0.464 e. The van der Waals surface area contributed by atoms with Gasteiger partial charge in [-0.2, -0.15) is 9.97 Å². The maximum absolute atomic E-state index is 12.6. The van der Waals surface area contributed by atoms with E-state index in [-0.39, 0.29) is 0 Å². The zero-order chi connectivity index (χ0) is 24.7. The normalized spacial score (nSPS) is 24.6. The summed E-state index contributed by atoms with van der Waals surface area (Å²) in [6.07, 6.45) is 4.69. The van der Waals surface area contributed by atoms with Crippen molar-refractivity contribution in [3.63, 3.8) is 0 Å². The standard InChI is InChI=1S/C17H24N4O2.C7H12FN.CH4O/c1-5-23-17-19-15-12(3)13(4)18-8-14(15)16(20-17)21-6-7-22-10-11(2)9-21;8-6-4-7-2-1-3-9(7)5-6;1-2/h8,11H,5-7,9-10H2,1-4H3;6-7H,1-5H2;2H,1H3. The SMILES string of the molecule is CCOc1nc(N2CCOCC(C)C2)c2cnc(C)c(C)c2n1.CO.FC1CC2CCCN2C1. The highest BCUT2D eigenvalue weighted by Crippen LogP contribution is 2.30. The van der Waals surface area contributed by atoms with Crippen molar-refractivity contribution < 1.29 is 19.0 Å². The number of rotatable bonds is 3. The molecule has 3 unspecified atom stereocenters. The number of aliphatic hydroxyl groups excluding tert-OH is 1. The van der Waals surface area contributed by atoms with Gasteiger partial charge in [-0.05, 0) is 58.1 Å². The van der Waals surface area contributed by atoms with E-state index in [1.54, 1.807) is 0 Å². The first-order chi connectivity index (χ1) is 16.5. The molecule has 0 aromatic carbocycles.